The number of aryl methyl sites for hydroxylation is 1. The van der Waals surface area contributed by atoms with Crippen molar-refractivity contribution in [2.75, 3.05) is 18.0 Å². The van der Waals surface area contributed by atoms with Gasteiger partial charge in [0.05, 0.1) is 11.7 Å². The number of anilines is 1. The predicted molar refractivity (Wildman–Crippen MR) is 136 cm³/mol. The minimum absolute atomic E-state index is 0.00423. The zero-order chi connectivity index (χ0) is 23.7. The molecule has 0 aliphatic carbocycles. The molecule has 0 saturated carbocycles. The Bertz CT molecular complexity index is 1290. The lowest BCUT2D eigenvalue weighted by molar-refractivity contribution is -0.126. The van der Waals surface area contributed by atoms with E-state index in [0.717, 1.165) is 59.9 Å². The largest absolute Gasteiger partial charge is 0.356 e. The lowest BCUT2D eigenvalue weighted by Gasteiger charge is -2.33. The van der Waals surface area contributed by atoms with Crippen molar-refractivity contribution in [3.05, 3.63) is 83.0 Å². The first kappa shape index (κ1) is 22.4. The van der Waals surface area contributed by atoms with Crippen molar-refractivity contribution in [3.63, 3.8) is 0 Å². The van der Waals surface area contributed by atoms with Crippen LogP contribution in [0.25, 0.3) is 16.9 Å². The molecule has 1 atom stereocenters. The van der Waals surface area contributed by atoms with Crippen molar-refractivity contribution >= 4 is 29.0 Å². The summed E-state index contributed by atoms with van der Waals surface area (Å²) in [7, 11) is 0. The summed E-state index contributed by atoms with van der Waals surface area (Å²) < 4.78 is 1.91. The van der Waals surface area contributed by atoms with E-state index < -0.39 is 0 Å². The van der Waals surface area contributed by atoms with Gasteiger partial charge in [-0.1, -0.05) is 54.1 Å². The summed E-state index contributed by atoms with van der Waals surface area (Å²) in [5.41, 5.74) is 4.75. The Morgan fingerprint density at radius 1 is 1.06 bits per heavy atom. The van der Waals surface area contributed by atoms with E-state index in [1.165, 1.54) is 0 Å². The molecule has 7 heteroatoms. The molecule has 1 saturated heterocycles. The molecule has 3 heterocycles. The Labute approximate surface area is 204 Å². The molecule has 1 amide bonds. The molecule has 5 rings (SSSR count). The molecule has 1 aliphatic rings. The van der Waals surface area contributed by atoms with Crippen molar-refractivity contribution < 1.29 is 4.79 Å². The number of nitrogens with zero attached hydrogens (tertiary/aromatic N) is 4. The van der Waals surface area contributed by atoms with Gasteiger partial charge in [-0.3, -0.25) is 4.79 Å². The topological polar surface area (TPSA) is 62.5 Å². The number of carbonyl (C=O) groups excluding carboxylic acids is 1. The number of amides is 1. The molecule has 1 aliphatic heterocycles. The van der Waals surface area contributed by atoms with Crippen LogP contribution in [0.5, 0.6) is 0 Å². The Hall–Kier alpha value is -3.38. The van der Waals surface area contributed by atoms with Gasteiger partial charge in [0.15, 0.2) is 5.65 Å². The van der Waals surface area contributed by atoms with Gasteiger partial charge in [0, 0.05) is 47.4 Å². The second-order valence-electron chi connectivity index (χ2n) is 8.96. The van der Waals surface area contributed by atoms with Crippen LogP contribution in [0.15, 0.2) is 66.7 Å². The van der Waals surface area contributed by atoms with E-state index in [1.807, 2.05) is 79.0 Å². The second-order valence-corrected chi connectivity index (χ2v) is 9.40. The maximum absolute atomic E-state index is 12.9. The summed E-state index contributed by atoms with van der Waals surface area (Å²) in [4.78, 5) is 19.9. The molecule has 4 aromatic rings. The van der Waals surface area contributed by atoms with Gasteiger partial charge in [0.2, 0.25) is 5.91 Å². The standard InChI is InChI=1S/C27H28ClN5O/c1-18-16-26(33-25(29-18)17-24(31-33)21-8-10-23(28)11-9-21)32-14-12-22(13-15-32)27(34)30-19(2)20-6-4-3-5-7-20/h3-11,16-17,19,22H,12-15H2,1-2H3,(H,30,34)/t19-/m1/s1. The van der Waals surface area contributed by atoms with Crippen LogP contribution in [0.3, 0.4) is 0 Å². The highest BCUT2D eigenvalue weighted by Crippen LogP contribution is 2.28. The summed E-state index contributed by atoms with van der Waals surface area (Å²) in [6.07, 6.45) is 1.61. The number of nitrogens with one attached hydrogen (secondary N) is 1. The molecular weight excluding hydrogens is 446 g/mol. The number of rotatable bonds is 5. The minimum Gasteiger partial charge on any atom is -0.356 e. The Morgan fingerprint density at radius 3 is 2.47 bits per heavy atom. The molecular formula is C27H28ClN5O. The van der Waals surface area contributed by atoms with E-state index in [4.69, 9.17) is 16.7 Å². The number of aromatic nitrogens is 3. The smallest absolute Gasteiger partial charge is 0.223 e. The van der Waals surface area contributed by atoms with E-state index in [2.05, 4.69) is 21.3 Å². The highest BCUT2D eigenvalue weighted by atomic mass is 35.5. The summed E-state index contributed by atoms with van der Waals surface area (Å²) in [5.74, 6) is 1.17. The third-order valence-corrected chi connectivity index (χ3v) is 6.78. The Balaban J connectivity index is 1.30. The zero-order valence-electron chi connectivity index (χ0n) is 19.4. The fourth-order valence-electron chi connectivity index (χ4n) is 4.59. The summed E-state index contributed by atoms with van der Waals surface area (Å²) in [6.45, 7) is 5.64. The third kappa shape index (κ3) is 4.64. The van der Waals surface area contributed by atoms with Crippen LogP contribution in [0.2, 0.25) is 5.02 Å². The summed E-state index contributed by atoms with van der Waals surface area (Å²) in [6, 6.07) is 21.9. The molecule has 0 spiro atoms. The monoisotopic (exact) mass is 473 g/mol. The highest BCUT2D eigenvalue weighted by Gasteiger charge is 2.27. The maximum Gasteiger partial charge on any atom is 0.223 e. The highest BCUT2D eigenvalue weighted by molar-refractivity contribution is 6.30. The van der Waals surface area contributed by atoms with Gasteiger partial charge < -0.3 is 10.2 Å². The van der Waals surface area contributed by atoms with E-state index in [1.54, 1.807) is 0 Å². The van der Waals surface area contributed by atoms with E-state index >= 15 is 0 Å². The Morgan fingerprint density at radius 2 is 1.76 bits per heavy atom. The quantitative estimate of drug-likeness (QED) is 0.418. The Kier molecular flexibility index (Phi) is 6.24. The minimum atomic E-state index is 0.00423. The van der Waals surface area contributed by atoms with Crippen LogP contribution in [0.4, 0.5) is 5.82 Å². The third-order valence-electron chi connectivity index (χ3n) is 6.52. The number of halogens is 1. The average molecular weight is 474 g/mol. The second kappa shape index (κ2) is 9.47. The van der Waals surface area contributed by atoms with Gasteiger partial charge in [-0.2, -0.15) is 9.61 Å². The molecule has 0 bridgehead atoms. The number of carbonyl (C=O) groups is 1. The molecule has 2 aromatic carbocycles. The fraction of sp³-hybridized carbons (Fsp3) is 0.296. The first-order chi connectivity index (χ1) is 16.5. The molecule has 0 radical (unpaired) electrons. The molecule has 6 nitrogen and oxygen atoms in total. The van der Waals surface area contributed by atoms with E-state index in [9.17, 15) is 4.79 Å². The summed E-state index contributed by atoms with van der Waals surface area (Å²) in [5, 5.41) is 8.74. The molecule has 1 N–H and O–H groups in total. The first-order valence-corrected chi connectivity index (χ1v) is 12.1. The van der Waals surface area contributed by atoms with Crippen LogP contribution in [-0.4, -0.2) is 33.6 Å². The van der Waals surface area contributed by atoms with Gasteiger partial charge in [-0.05, 0) is 44.4 Å². The van der Waals surface area contributed by atoms with Crippen LogP contribution in [0.1, 0.15) is 37.1 Å². The number of benzene rings is 2. The van der Waals surface area contributed by atoms with Gasteiger partial charge in [0.25, 0.3) is 0 Å². The van der Waals surface area contributed by atoms with Crippen LogP contribution in [0, 0.1) is 12.8 Å². The number of hydrogen-bond acceptors (Lipinski definition) is 4. The normalized spacial score (nSPS) is 15.4. The van der Waals surface area contributed by atoms with Crippen LogP contribution >= 0.6 is 11.6 Å². The van der Waals surface area contributed by atoms with Crippen LogP contribution in [-0.2, 0) is 4.79 Å². The summed E-state index contributed by atoms with van der Waals surface area (Å²) >= 11 is 6.05. The van der Waals surface area contributed by atoms with Crippen LogP contribution < -0.4 is 10.2 Å². The molecule has 174 valence electrons. The number of hydrogen-bond donors (Lipinski definition) is 1. The molecule has 0 unspecified atom stereocenters. The number of fused-ring (bicyclic) bond motifs is 1. The molecule has 34 heavy (non-hydrogen) atoms. The van der Waals surface area contributed by atoms with Crippen molar-refractivity contribution in [1.29, 1.82) is 0 Å². The van der Waals surface area contributed by atoms with Gasteiger partial charge in [0.1, 0.15) is 5.82 Å². The molecule has 1 fully saturated rings. The van der Waals surface area contributed by atoms with Gasteiger partial charge in [-0.25, -0.2) is 4.98 Å². The predicted octanol–water partition coefficient (Wildman–Crippen LogP) is 5.45. The maximum atomic E-state index is 12.9. The number of piperidine rings is 1. The lowest BCUT2D eigenvalue weighted by Crippen LogP contribution is -2.41. The van der Waals surface area contributed by atoms with Gasteiger partial charge >= 0.3 is 0 Å². The first-order valence-electron chi connectivity index (χ1n) is 11.7. The zero-order valence-corrected chi connectivity index (χ0v) is 20.2. The lowest BCUT2D eigenvalue weighted by atomic mass is 9.95. The van der Waals surface area contributed by atoms with E-state index in [0.29, 0.717) is 5.02 Å². The van der Waals surface area contributed by atoms with Crippen molar-refractivity contribution in [3.8, 4) is 11.3 Å². The van der Waals surface area contributed by atoms with Crippen molar-refractivity contribution in [2.24, 2.45) is 5.92 Å². The fourth-order valence-corrected chi connectivity index (χ4v) is 4.72. The SMILES string of the molecule is Cc1cc(N2CCC(C(=O)N[C@H](C)c3ccccc3)CC2)n2nc(-c3ccc(Cl)cc3)cc2n1. The molecule has 2 aromatic heterocycles. The van der Waals surface area contributed by atoms with Crippen molar-refractivity contribution in [2.45, 2.75) is 32.7 Å². The van der Waals surface area contributed by atoms with Gasteiger partial charge in [-0.15, -0.1) is 0 Å². The van der Waals surface area contributed by atoms with E-state index in [-0.39, 0.29) is 17.9 Å². The average Bonchev–Trinajstić information content (AvgIpc) is 3.28. The van der Waals surface area contributed by atoms with Crippen molar-refractivity contribution in [1.82, 2.24) is 19.9 Å².